The Labute approximate surface area is 839 Å². The molecule has 1 aromatic carbocycles. The lowest BCUT2D eigenvalue weighted by Gasteiger charge is -2.42. The fraction of sp³-hybridized carbons (Fsp3) is 0.703. The van der Waals surface area contributed by atoms with Crippen LogP contribution < -0.4 is 72.0 Å². The third-order valence-electron chi connectivity index (χ3n) is 25.4. The first-order chi connectivity index (χ1) is 68.6. The molecule has 2 aromatic rings. The molecule has 0 bridgehead atoms. The first-order valence-electron chi connectivity index (χ1n) is 47.8. The van der Waals surface area contributed by atoms with Gasteiger partial charge in [0.2, 0.25) is 59.1 Å². The highest BCUT2D eigenvalue weighted by Crippen LogP contribution is 2.64. The second-order valence-corrected chi connectivity index (χ2v) is 38.0. The van der Waals surface area contributed by atoms with Gasteiger partial charge in [0.05, 0.1) is 48.9 Å². The summed E-state index contributed by atoms with van der Waals surface area (Å²) in [7, 11) is 0. The second kappa shape index (κ2) is 57.3. The average molecular weight is 2150 g/mol. The van der Waals surface area contributed by atoms with Crippen LogP contribution in [0.15, 0.2) is 52.8 Å². The molecule has 0 aliphatic carbocycles. The summed E-state index contributed by atoms with van der Waals surface area (Å²) in [6.07, 6.45) is -12.7. The number of unbranched alkanes of at least 4 members (excludes halogenated alkanes) is 2. The van der Waals surface area contributed by atoms with Crippen molar-refractivity contribution in [3.8, 4) is 0 Å². The first-order valence-corrected chi connectivity index (χ1v) is 49.2. The van der Waals surface area contributed by atoms with E-state index in [9.17, 15) is 162 Å². The van der Waals surface area contributed by atoms with E-state index >= 15 is 0 Å². The van der Waals surface area contributed by atoms with Gasteiger partial charge in [0.1, 0.15) is 36.0 Å². The molecule has 0 radical (unpaired) electrons. The number of hydrogen-bond acceptors (Lipinski definition) is 23. The predicted octanol–water partition coefficient (Wildman–Crippen LogP) is 5.02. The van der Waals surface area contributed by atoms with Crippen LogP contribution in [0.4, 0.5) is 74.6 Å². The normalized spacial score (nSPS) is 17.6. The maximum absolute atomic E-state index is 14.9. The maximum atomic E-state index is 14.9. The zero-order valence-electron chi connectivity index (χ0n) is 81.2. The number of aliphatic imine (C=N–C) groups is 2. The van der Waals surface area contributed by atoms with Gasteiger partial charge in [-0.3, -0.25) is 86.7 Å². The first kappa shape index (κ1) is 126. The Morgan fingerprint density at radius 1 is 0.503 bits per heavy atom. The lowest BCUT2D eigenvalue weighted by atomic mass is 9.88. The quantitative estimate of drug-likeness (QED) is 0.0179. The summed E-state index contributed by atoms with van der Waals surface area (Å²) in [6, 6.07) is -3.43. The SMILES string of the molecule is CSCC[C@H](NC(=O)[C@@H]1CCCN1C(=O)CCC(=O)[C@H](CCCCN)NC(=O)[C@@H](CC(=O)[C@H](CO)NC(=O)[C@@H](CC(=O)[C@H](CCCN=C(N)N)NC(=O)[C@@H]1CCCN1C(=O)[C@H](CCCN=C(N)N)NC(=O)[C@H](CCC(N)=O)CC(=O)[C@@H](N)CCCCNC(=O)CCC(F)(F)C(F)(F)C(F)(F)C(F)(F)C(F)(F)C(F)(F)C(F)(F)C(F)(F)F)CC(C)C)Cc1cnc[nH]1)C(=O)N1CCC[C@H]1C(=O)C[C@@H](Cc1ccccc1)C(=O)O. The van der Waals surface area contributed by atoms with Crippen LogP contribution in [0.25, 0.3) is 0 Å². The summed E-state index contributed by atoms with van der Waals surface area (Å²) in [5.74, 6) is -78.2. The number of primary amides is 1. The Bertz CT molecular complexity index is 4840. The molecule has 3 aliphatic heterocycles. The van der Waals surface area contributed by atoms with E-state index in [4.69, 9.17) is 40.1 Å². The number of H-pyrrole nitrogens is 1. The lowest BCUT2D eigenvalue weighted by Crippen LogP contribution is -2.74. The minimum absolute atomic E-state index is 0.00222. The van der Waals surface area contributed by atoms with Crippen LogP contribution in [0, 0.1) is 29.6 Å². The number of aliphatic hydroxyl groups is 1. The van der Waals surface area contributed by atoms with E-state index in [1.54, 1.807) is 55.8 Å². The van der Waals surface area contributed by atoms with Crippen LogP contribution in [0.2, 0.25) is 0 Å². The minimum atomic E-state index is -8.84. The van der Waals surface area contributed by atoms with E-state index in [0.29, 0.717) is 42.7 Å². The fourth-order valence-electron chi connectivity index (χ4n) is 17.2. The molecule has 3 fully saturated rings. The fourth-order valence-corrected chi connectivity index (χ4v) is 17.6. The number of Topliss-reactive ketones (excluding diaryl/α,β-unsaturated/α-hetero) is 5. The molecule has 0 spiro atoms. The number of nitrogens with two attached hydrogens (primary N) is 7. The highest BCUT2D eigenvalue weighted by atomic mass is 32.2. The summed E-state index contributed by atoms with van der Waals surface area (Å²) in [6.45, 7) is 1.66. The molecule has 4 heterocycles. The molecule has 13 atom stereocenters. The molecule has 56 heteroatoms. The van der Waals surface area contributed by atoms with Crippen LogP contribution >= 0.6 is 11.8 Å². The van der Waals surface area contributed by atoms with Crippen molar-refractivity contribution in [3.05, 3.63) is 54.1 Å². The highest BCUT2D eigenvalue weighted by Gasteiger charge is 2.95. The number of nitrogens with zero attached hydrogens (tertiary/aromatic N) is 6. The number of hydrogen-bond donors (Lipinski definition) is 16. The van der Waals surface area contributed by atoms with E-state index in [-0.39, 0.29) is 160 Å². The Morgan fingerprint density at radius 3 is 1.52 bits per heavy atom. The number of carbonyl (C=O) groups is 16. The number of aliphatic hydroxyl groups excluding tert-OH is 1. The van der Waals surface area contributed by atoms with Gasteiger partial charge < -0.3 is 102 Å². The van der Waals surface area contributed by atoms with Crippen molar-refractivity contribution in [1.29, 1.82) is 0 Å². The van der Waals surface area contributed by atoms with E-state index in [0.717, 1.165) is 4.90 Å². The molecule has 147 heavy (non-hydrogen) atoms. The number of amides is 10. The highest BCUT2D eigenvalue weighted by molar-refractivity contribution is 7.98. The molecule has 10 amide bonds. The standard InChI is InChI=1S/C91H131F17N20O18S/c1-50(2)40-53(75(139)125-62(48-129)69(133)45-54(42-56-47-116-49-120-56)76(140)121-58(19-7-9-32-109)66(130)26-28-73(137)126-36-14-23-64(126)77(141)124-61(30-39-147-3)80(144)127-37-13-22-63(127)70(134)46-55(81(145)146)41-51-16-5-4-6-17-51)44-68(132)59(20-11-34-118-82(112)113)122-78(142)65-24-15-38-128(65)79(143)60(21-12-35-119-83(114)115)123-74(138)52(25-27-71(111)135)43-67(131)57(110)18-8-10-33-117-72(136)29-31-84(92,93)85(94,95)86(96,97)87(98,99)88(100,101)89(102,103)90(104,105)91(106,107)108/h4-6,16-17,47,49-50,52-55,57-65,129H,7-15,18-46,48,109-110H2,1-3H3,(H2,111,135)(H,116,120)(H,117,136)(H,121,140)(H,122,142)(H,123,138)(H,124,141)(H,125,139)(H,145,146)(H4,112,113,118)(H4,114,115,119)/t52-,53-,54-,55-,57+,58+,59+,60+,61+,62+,63+,64+,65+/m1/s1. The van der Waals surface area contributed by atoms with E-state index in [2.05, 4.69) is 46.5 Å². The smallest absolute Gasteiger partial charge is 0.460 e. The molecule has 0 saturated carbocycles. The summed E-state index contributed by atoms with van der Waals surface area (Å²) in [5.41, 5.74) is 40.6. The van der Waals surface area contributed by atoms with Crippen molar-refractivity contribution in [3.63, 3.8) is 0 Å². The van der Waals surface area contributed by atoms with Gasteiger partial charge in [-0.2, -0.15) is 86.4 Å². The summed E-state index contributed by atoms with van der Waals surface area (Å²) < 4.78 is 234. The third kappa shape index (κ3) is 35.6. The molecule has 0 unspecified atom stereocenters. The van der Waals surface area contributed by atoms with Crippen LogP contribution in [-0.4, -0.2) is 307 Å². The van der Waals surface area contributed by atoms with Crippen LogP contribution in [0.5, 0.6) is 0 Å². The van der Waals surface area contributed by atoms with Gasteiger partial charge in [-0.1, -0.05) is 44.2 Å². The number of thioether (sulfide) groups is 1. The molecular formula is C91H131F17N20O18S. The minimum Gasteiger partial charge on any atom is -0.481 e. The maximum Gasteiger partial charge on any atom is 0.460 e. The molecule has 5 rings (SSSR count). The van der Waals surface area contributed by atoms with Crippen LogP contribution in [-0.2, 0) is 89.6 Å². The molecule has 3 saturated heterocycles. The van der Waals surface area contributed by atoms with Gasteiger partial charge >= 0.3 is 53.6 Å². The Morgan fingerprint density at radius 2 is 0.980 bits per heavy atom. The average Bonchev–Trinajstić information content (AvgIpc) is 1.07. The number of halogens is 17. The van der Waals surface area contributed by atoms with Gasteiger partial charge in [0.15, 0.2) is 35.1 Å². The lowest BCUT2D eigenvalue weighted by molar-refractivity contribution is -0.461. The number of benzene rings is 1. The van der Waals surface area contributed by atoms with Crippen molar-refractivity contribution in [2.45, 2.75) is 308 Å². The number of carboxylic acid groups (broad SMARTS) is 1. The number of imidazole rings is 1. The van der Waals surface area contributed by atoms with Gasteiger partial charge in [-0.25, -0.2) is 4.98 Å². The molecule has 38 nitrogen and oxygen atoms in total. The number of alkyl halides is 17. The summed E-state index contributed by atoms with van der Waals surface area (Å²) >= 11 is 1.40. The van der Waals surface area contributed by atoms with Crippen molar-refractivity contribution < 1.29 is 162 Å². The van der Waals surface area contributed by atoms with Crippen molar-refractivity contribution >= 4 is 118 Å². The number of aliphatic carboxylic acids is 1. The third-order valence-corrected chi connectivity index (χ3v) is 26.1. The number of ketones is 5. The van der Waals surface area contributed by atoms with E-state index in [1.807, 2.05) is 0 Å². The largest absolute Gasteiger partial charge is 0.481 e. The summed E-state index contributed by atoms with van der Waals surface area (Å²) in [5, 5.41) is 36.0. The van der Waals surface area contributed by atoms with Gasteiger partial charge in [-0.05, 0) is 158 Å². The molecular weight excluding hydrogens is 2020 g/mol. The number of nitrogens with one attached hydrogen (secondary N) is 7. The molecule has 1 aromatic heterocycles. The number of rotatable bonds is 68. The Hall–Kier alpha value is -11.5. The summed E-state index contributed by atoms with van der Waals surface area (Å²) in [4.78, 5) is 243. The van der Waals surface area contributed by atoms with Crippen LogP contribution in [0.1, 0.15) is 205 Å². The molecule has 3 aliphatic rings. The topological polar surface area (TPSA) is 631 Å². The van der Waals surface area contributed by atoms with E-state index in [1.165, 1.54) is 34.1 Å². The van der Waals surface area contributed by atoms with Crippen molar-refractivity contribution in [2.24, 2.45) is 79.7 Å². The number of likely N-dealkylation sites (tertiary alicyclic amines) is 3. The molecule has 23 N–H and O–H groups in total. The van der Waals surface area contributed by atoms with Crippen LogP contribution in [0.3, 0.4) is 0 Å². The van der Waals surface area contributed by atoms with Gasteiger partial charge in [0.25, 0.3) is 0 Å². The van der Waals surface area contributed by atoms with Gasteiger partial charge in [0, 0.05) is 127 Å². The zero-order valence-corrected chi connectivity index (χ0v) is 82.0. The monoisotopic (exact) mass is 2150 g/mol. The van der Waals surface area contributed by atoms with Crippen molar-refractivity contribution in [1.82, 2.24) is 56.6 Å². The number of guanidine groups is 2. The van der Waals surface area contributed by atoms with E-state index < -0.39 is 297 Å². The Balaban J connectivity index is 1.26. The van der Waals surface area contributed by atoms with Gasteiger partial charge in [-0.15, -0.1) is 0 Å². The number of carbonyl (C=O) groups excluding carboxylic acids is 15. The molecule has 828 valence electrons. The van der Waals surface area contributed by atoms with Crippen molar-refractivity contribution in [2.75, 3.05) is 64.4 Å². The predicted molar refractivity (Wildman–Crippen MR) is 496 cm³/mol. The number of aromatic nitrogens is 2. The number of aromatic amines is 1. The number of carboxylic acids is 1. The Kier molecular flexibility index (Phi) is 49.1. The zero-order chi connectivity index (χ0) is 111. The second-order valence-electron chi connectivity index (χ2n) is 37.1.